The predicted octanol–water partition coefficient (Wildman–Crippen LogP) is 2.48. The van der Waals surface area contributed by atoms with Gasteiger partial charge in [-0.15, -0.1) is 0 Å². The van der Waals surface area contributed by atoms with Crippen LogP contribution in [-0.2, 0) is 30.8 Å². The molecule has 1 aliphatic carbocycles. The molecule has 1 saturated heterocycles. The van der Waals surface area contributed by atoms with E-state index in [4.69, 9.17) is 4.74 Å². The van der Waals surface area contributed by atoms with Crippen molar-refractivity contribution in [2.24, 2.45) is 0 Å². The van der Waals surface area contributed by atoms with Crippen LogP contribution in [0.25, 0.3) is 0 Å². The van der Waals surface area contributed by atoms with Gasteiger partial charge in [-0.2, -0.15) is 4.31 Å². The normalized spacial score (nSPS) is 18.1. The second-order valence-corrected chi connectivity index (χ2v) is 13.0. The molecule has 2 amide bonds. The lowest BCUT2D eigenvalue weighted by Crippen LogP contribution is -2.63. The first-order valence-corrected chi connectivity index (χ1v) is 16.2. The molecule has 12 nitrogen and oxygen atoms in total. The molecule has 2 aliphatic rings. The van der Waals surface area contributed by atoms with E-state index in [-0.39, 0.29) is 25.2 Å². The highest BCUT2D eigenvalue weighted by Gasteiger charge is 2.50. The minimum absolute atomic E-state index is 0.221. The van der Waals surface area contributed by atoms with Crippen molar-refractivity contribution in [1.82, 2.24) is 19.8 Å². The topological polar surface area (TPSA) is 151 Å². The maximum atomic E-state index is 14.2. The van der Waals surface area contributed by atoms with Gasteiger partial charge in [0.2, 0.25) is 11.8 Å². The predicted molar refractivity (Wildman–Crippen MR) is 161 cm³/mol. The number of nitro groups is 1. The lowest BCUT2D eigenvalue weighted by molar-refractivity contribution is -0.387. The quantitative estimate of drug-likeness (QED) is 0.198. The van der Waals surface area contributed by atoms with Crippen molar-refractivity contribution in [2.45, 2.75) is 61.4 Å². The highest BCUT2D eigenvalue weighted by atomic mass is 32.2. The zero-order valence-electron chi connectivity index (χ0n) is 24.6. The SMILES string of the molecule is CN(C1(C(=O)N[C@H](Cc2ccccc2)C(=O)NCCCN2CCOCC2)CCCCC1)S(=O)(=O)c1ccccc1[N+](=O)[O-]. The number of likely N-dealkylation sites (N-methyl/N-ethyl adjacent to an activating group) is 1. The Kier molecular flexibility index (Phi) is 11.2. The van der Waals surface area contributed by atoms with Crippen molar-refractivity contribution in [2.75, 3.05) is 46.4 Å². The number of ether oxygens (including phenoxy) is 1. The number of carbonyl (C=O) groups excluding carboxylic acids is 2. The number of nitrogens with one attached hydrogen (secondary N) is 2. The van der Waals surface area contributed by atoms with Crippen LogP contribution < -0.4 is 10.6 Å². The van der Waals surface area contributed by atoms with Gasteiger partial charge in [-0.3, -0.25) is 24.6 Å². The highest BCUT2D eigenvalue weighted by molar-refractivity contribution is 7.89. The first kappa shape index (κ1) is 32.5. The highest BCUT2D eigenvalue weighted by Crippen LogP contribution is 2.38. The zero-order valence-corrected chi connectivity index (χ0v) is 25.4. The van der Waals surface area contributed by atoms with Gasteiger partial charge in [0.05, 0.1) is 18.1 Å². The Hall–Kier alpha value is -3.39. The number of para-hydroxylation sites is 1. The molecule has 1 aliphatic heterocycles. The van der Waals surface area contributed by atoms with E-state index >= 15 is 0 Å². The number of benzene rings is 2. The summed E-state index contributed by atoms with van der Waals surface area (Å²) in [6.45, 7) is 4.34. The second kappa shape index (κ2) is 14.9. The Labute approximate surface area is 253 Å². The number of amides is 2. The largest absolute Gasteiger partial charge is 0.379 e. The summed E-state index contributed by atoms with van der Waals surface area (Å²) in [6, 6.07) is 13.5. The van der Waals surface area contributed by atoms with Crippen LogP contribution in [0, 0.1) is 10.1 Å². The molecule has 1 heterocycles. The molecule has 13 heteroatoms. The molecule has 1 saturated carbocycles. The van der Waals surface area contributed by atoms with Crippen molar-refractivity contribution in [3.63, 3.8) is 0 Å². The molecule has 2 aromatic rings. The number of nitro benzene ring substituents is 1. The Morgan fingerprint density at radius 3 is 2.37 bits per heavy atom. The minimum atomic E-state index is -4.44. The average molecular weight is 616 g/mol. The summed E-state index contributed by atoms with van der Waals surface area (Å²) in [5.74, 6) is -0.935. The molecule has 234 valence electrons. The van der Waals surface area contributed by atoms with Crippen molar-refractivity contribution in [3.05, 3.63) is 70.3 Å². The van der Waals surface area contributed by atoms with Crippen molar-refractivity contribution >= 4 is 27.5 Å². The van der Waals surface area contributed by atoms with E-state index in [1.54, 1.807) is 0 Å². The Morgan fingerprint density at radius 1 is 1.05 bits per heavy atom. The molecular formula is C30H41N5O7S. The van der Waals surface area contributed by atoms with Gasteiger partial charge in [-0.1, -0.05) is 61.7 Å². The van der Waals surface area contributed by atoms with E-state index < -0.39 is 43.0 Å². The lowest BCUT2D eigenvalue weighted by atomic mass is 9.80. The van der Waals surface area contributed by atoms with E-state index in [0.29, 0.717) is 32.6 Å². The van der Waals surface area contributed by atoms with Gasteiger partial charge in [-0.05, 0) is 37.4 Å². The number of carbonyl (C=O) groups is 2. The van der Waals surface area contributed by atoms with E-state index in [1.165, 1.54) is 25.2 Å². The van der Waals surface area contributed by atoms with Crippen LogP contribution in [0.1, 0.15) is 44.1 Å². The van der Waals surface area contributed by atoms with Crippen LogP contribution in [0.4, 0.5) is 5.69 Å². The van der Waals surface area contributed by atoms with Crippen molar-refractivity contribution in [1.29, 1.82) is 0 Å². The van der Waals surface area contributed by atoms with E-state index in [2.05, 4.69) is 15.5 Å². The van der Waals surface area contributed by atoms with Crippen LogP contribution in [0.15, 0.2) is 59.5 Å². The van der Waals surface area contributed by atoms with Gasteiger partial charge in [0.1, 0.15) is 11.6 Å². The molecule has 2 fully saturated rings. The molecule has 2 aromatic carbocycles. The zero-order chi connectivity index (χ0) is 30.9. The first-order chi connectivity index (χ1) is 20.6. The molecule has 0 spiro atoms. The maximum Gasteiger partial charge on any atom is 0.289 e. The summed E-state index contributed by atoms with van der Waals surface area (Å²) < 4.78 is 34.0. The van der Waals surface area contributed by atoms with Crippen molar-refractivity contribution in [3.8, 4) is 0 Å². The van der Waals surface area contributed by atoms with Crippen LogP contribution >= 0.6 is 0 Å². The maximum absolute atomic E-state index is 14.2. The average Bonchev–Trinajstić information content (AvgIpc) is 3.03. The number of nitrogens with zero attached hydrogens (tertiary/aromatic N) is 3. The third-order valence-corrected chi connectivity index (χ3v) is 10.3. The molecule has 43 heavy (non-hydrogen) atoms. The standard InChI is InChI=1S/C30H41N5O7S/c1-33(43(40,41)27-14-7-6-13-26(27)35(38)39)30(15-8-3-9-16-30)29(37)32-25(23-24-11-4-2-5-12-24)28(36)31-17-10-18-34-19-21-42-22-20-34/h2,4-7,11-14,25H,3,8-10,15-23H2,1H3,(H,31,36)(H,32,37)/t25-/m1/s1. The van der Waals surface area contributed by atoms with Gasteiger partial charge in [0.25, 0.3) is 15.7 Å². The number of hydrogen-bond donors (Lipinski definition) is 2. The van der Waals surface area contributed by atoms with Crippen LogP contribution in [-0.4, -0.2) is 92.4 Å². The fourth-order valence-electron chi connectivity index (χ4n) is 5.84. The van der Waals surface area contributed by atoms with Crippen molar-refractivity contribution < 1.29 is 27.7 Å². The Morgan fingerprint density at radius 2 is 1.70 bits per heavy atom. The van der Waals surface area contributed by atoms with Gasteiger partial charge in [-0.25, -0.2) is 8.42 Å². The molecule has 0 radical (unpaired) electrons. The third kappa shape index (κ3) is 7.96. The first-order valence-electron chi connectivity index (χ1n) is 14.8. The molecule has 1 atom stereocenters. The summed E-state index contributed by atoms with van der Waals surface area (Å²) >= 11 is 0. The van der Waals surface area contributed by atoms with Crippen LogP contribution in [0.5, 0.6) is 0 Å². The molecular weight excluding hydrogens is 574 g/mol. The van der Waals surface area contributed by atoms with Gasteiger partial charge in [0, 0.05) is 39.2 Å². The van der Waals surface area contributed by atoms with Crippen LogP contribution in [0.3, 0.4) is 0 Å². The number of morpholine rings is 1. The van der Waals surface area contributed by atoms with E-state index in [1.807, 2.05) is 30.3 Å². The Bertz CT molecular complexity index is 1360. The summed E-state index contributed by atoms with van der Waals surface area (Å²) in [5.41, 5.74) is -1.22. The van der Waals surface area contributed by atoms with Gasteiger partial charge < -0.3 is 15.4 Å². The smallest absolute Gasteiger partial charge is 0.289 e. The van der Waals surface area contributed by atoms with E-state index in [0.717, 1.165) is 48.4 Å². The molecule has 2 N–H and O–H groups in total. The minimum Gasteiger partial charge on any atom is -0.379 e. The lowest BCUT2D eigenvalue weighted by Gasteiger charge is -2.42. The van der Waals surface area contributed by atoms with Gasteiger partial charge >= 0.3 is 0 Å². The Balaban J connectivity index is 1.55. The molecule has 4 rings (SSSR count). The molecule has 0 unspecified atom stereocenters. The monoisotopic (exact) mass is 615 g/mol. The van der Waals surface area contributed by atoms with Crippen LogP contribution in [0.2, 0.25) is 0 Å². The fourth-order valence-corrected chi connectivity index (χ4v) is 7.52. The summed E-state index contributed by atoms with van der Waals surface area (Å²) in [7, 11) is -3.14. The number of rotatable bonds is 13. The number of hydrogen-bond acceptors (Lipinski definition) is 8. The summed E-state index contributed by atoms with van der Waals surface area (Å²) in [4.78, 5) is 40.3. The molecule has 0 bridgehead atoms. The summed E-state index contributed by atoms with van der Waals surface area (Å²) in [5, 5.41) is 17.5. The fraction of sp³-hybridized carbons (Fsp3) is 0.533. The third-order valence-electron chi connectivity index (χ3n) is 8.37. The number of sulfonamides is 1. The molecule has 0 aromatic heterocycles. The van der Waals surface area contributed by atoms with Gasteiger partial charge in [0.15, 0.2) is 4.90 Å². The van der Waals surface area contributed by atoms with E-state index in [9.17, 15) is 28.1 Å². The summed E-state index contributed by atoms with van der Waals surface area (Å²) in [6.07, 6.45) is 3.44. The second-order valence-electron chi connectivity index (χ2n) is 11.1.